The summed E-state index contributed by atoms with van der Waals surface area (Å²) >= 11 is 6.00. The number of phenolic OH excluding ortho intramolecular Hbond substituents is 1. The van der Waals surface area contributed by atoms with Crippen molar-refractivity contribution in [3.8, 4) is 17.2 Å². The molecule has 0 heterocycles. The number of aromatic hydroxyl groups is 1. The molecule has 0 saturated carbocycles. The Morgan fingerprint density at radius 2 is 1.89 bits per heavy atom. The highest BCUT2D eigenvalue weighted by Crippen LogP contribution is 2.35. The fourth-order valence-corrected chi connectivity index (χ4v) is 2.57. The third-order valence-electron chi connectivity index (χ3n) is 3.88. The lowest BCUT2D eigenvalue weighted by atomic mass is 10.1. The molecule has 27 heavy (non-hydrogen) atoms. The van der Waals surface area contributed by atoms with Gasteiger partial charge in [0.15, 0.2) is 17.3 Å². The lowest BCUT2D eigenvalue weighted by Gasteiger charge is -2.08. The van der Waals surface area contributed by atoms with Gasteiger partial charge >= 0.3 is 0 Å². The molecule has 0 aliphatic heterocycles. The number of allylic oxidation sites excluding steroid dienone is 1. The molecule has 0 bridgehead atoms. The number of halogens is 1. The predicted octanol–water partition coefficient (Wildman–Crippen LogP) is 5.77. The van der Waals surface area contributed by atoms with Gasteiger partial charge in [0.25, 0.3) is 0 Å². The van der Waals surface area contributed by atoms with Crippen LogP contribution in [0.3, 0.4) is 0 Å². The van der Waals surface area contributed by atoms with E-state index in [2.05, 4.69) is 13.8 Å². The molecule has 0 atom stereocenters. The summed E-state index contributed by atoms with van der Waals surface area (Å²) in [5.74, 6) is 1.40. The molecule has 0 aliphatic rings. The maximum atomic E-state index is 12.4. The van der Waals surface area contributed by atoms with Crippen molar-refractivity contribution >= 4 is 23.5 Å². The normalized spacial score (nSPS) is 11.1. The molecule has 0 unspecified atom stereocenters. The van der Waals surface area contributed by atoms with E-state index in [0.29, 0.717) is 36.0 Å². The molecule has 4 nitrogen and oxygen atoms in total. The van der Waals surface area contributed by atoms with Crippen LogP contribution >= 0.6 is 11.6 Å². The molecule has 0 fully saturated rings. The first-order chi connectivity index (χ1) is 12.9. The Labute approximate surface area is 165 Å². The lowest BCUT2D eigenvalue weighted by Crippen LogP contribution is -2.01. The van der Waals surface area contributed by atoms with Crippen molar-refractivity contribution in [3.63, 3.8) is 0 Å². The number of hydrogen-bond donors (Lipinski definition) is 1. The Hall–Kier alpha value is -2.46. The molecular formula is C22H25ClO4. The van der Waals surface area contributed by atoms with E-state index < -0.39 is 0 Å². The van der Waals surface area contributed by atoms with Gasteiger partial charge in [-0.2, -0.15) is 0 Å². The molecule has 0 radical (unpaired) electrons. The van der Waals surface area contributed by atoms with Crippen LogP contribution in [0.5, 0.6) is 17.2 Å². The monoisotopic (exact) mass is 388 g/mol. The maximum absolute atomic E-state index is 12.4. The molecule has 0 aromatic heterocycles. The number of benzene rings is 2. The Bertz CT molecular complexity index is 795. The minimum atomic E-state index is -0.133. The fraction of sp³-hybridized carbons (Fsp3) is 0.318. The van der Waals surface area contributed by atoms with Crippen molar-refractivity contribution in [3.05, 3.63) is 58.6 Å². The van der Waals surface area contributed by atoms with Crippen LogP contribution in [0, 0.1) is 5.92 Å². The van der Waals surface area contributed by atoms with Crippen LogP contribution in [0.15, 0.2) is 42.5 Å². The minimum absolute atomic E-state index is 0.102. The van der Waals surface area contributed by atoms with Gasteiger partial charge in [0, 0.05) is 5.56 Å². The van der Waals surface area contributed by atoms with Gasteiger partial charge in [-0.05, 0) is 67.3 Å². The second-order valence-electron chi connectivity index (χ2n) is 6.54. The summed E-state index contributed by atoms with van der Waals surface area (Å²) in [4.78, 5) is 12.4. The van der Waals surface area contributed by atoms with E-state index in [4.69, 9.17) is 21.1 Å². The zero-order chi connectivity index (χ0) is 19.8. The molecule has 2 aromatic rings. The number of phenols is 1. The number of carbonyl (C=O) groups excluding carboxylic acids is 1. The van der Waals surface area contributed by atoms with Crippen molar-refractivity contribution in [2.75, 3.05) is 13.2 Å². The highest BCUT2D eigenvalue weighted by molar-refractivity contribution is 6.32. The third-order valence-corrected chi connectivity index (χ3v) is 4.17. The number of hydrogen-bond acceptors (Lipinski definition) is 4. The fourth-order valence-electron chi connectivity index (χ4n) is 2.35. The first-order valence-electron chi connectivity index (χ1n) is 9.01. The Kier molecular flexibility index (Phi) is 7.74. The van der Waals surface area contributed by atoms with Gasteiger partial charge in [-0.1, -0.05) is 31.5 Å². The highest BCUT2D eigenvalue weighted by atomic mass is 35.5. The first kappa shape index (κ1) is 20.8. The molecule has 144 valence electrons. The first-order valence-corrected chi connectivity index (χ1v) is 9.39. The lowest BCUT2D eigenvalue weighted by molar-refractivity contribution is 0.104. The largest absolute Gasteiger partial charge is 0.503 e. The van der Waals surface area contributed by atoms with Gasteiger partial charge in [-0.25, -0.2) is 0 Å². The Morgan fingerprint density at radius 1 is 1.19 bits per heavy atom. The molecule has 1 N–H and O–H groups in total. The van der Waals surface area contributed by atoms with Crippen LogP contribution in [0.1, 0.15) is 43.1 Å². The molecule has 0 saturated heterocycles. The topological polar surface area (TPSA) is 55.8 Å². The SMILES string of the molecule is CCOc1cc(/C=C/C(=O)c2ccc(OCCC(C)C)cc2)cc(Cl)c1O. The van der Waals surface area contributed by atoms with Crippen LogP contribution in [0.4, 0.5) is 0 Å². The van der Waals surface area contributed by atoms with E-state index in [1.165, 1.54) is 6.08 Å². The van der Waals surface area contributed by atoms with E-state index in [9.17, 15) is 9.90 Å². The van der Waals surface area contributed by atoms with Gasteiger partial charge in [-0.3, -0.25) is 4.79 Å². The summed E-state index contributed by atoms with van der Waals surface area (Å²) in [5.41, 5.74) is 1.24. The van der Waals surface area contributed by atoms with E-state index in [1.807, 2.05) is 6.92 Å². The van der Waals surface area contributed by atoms with Crippen LogP contribution in [0.2, 0.25) is 5.02 Å². The van der Waals surface area contributed by atoms with Gasteiger partial charge < -0.3 is 14.6 Å². The molecule has 0 amide bonds. The van der Waals surface area contributed by atoms with E-state index >= 15 is 0 Å². The molecule has 0 spiro atoms. The zero-order valence-electron chi connectivity index (χ0n) is 15.9. The summed E-state index contributed by atoms with van der Waals surface area (Å²) < 4.78 is 11.0. The summed E-state index contributed by atoms with van der Waals surface area (Å²) in [5, 5.41) is 10.0. The average Bonchev–Trinajstić information content (AvgIpc) is 2.64. The van der Waals surface area contributed by atoms with Crippen molar-refractivity contribution in [1.29, 1.82) is 0 Å². The number of carbonyl (C=O) groups is 1. The van der Waals surface area contributed by atoms with Crippen molar-refractivity contribution < 1.29 is 19.4 Å². The van der Waals surface area contributed by atoms with Gasteiger partial charge in [0.1, 0.15) is 5.75 Å². The third kappa shape index (κ3) is 6.33. The Morgan fingerprint density at radius 3 is 2.52 bits per heavy atom. The number of ether oxygens (including phenoxy) is 2. The quantitative estimate of drug-likeness (QED) is 0.438. The van der Waals surface area contributed by atoms with Crippen molar-refractivity contribution in [1.82, 2.24) is 0 Å². The average molecular weight is 389 g/mol. The van der Waals surface area contributed by atoms with Crippen LogP contribution in [-0.4, -0.2) is 24.1 Å². The molecule has 2 aromatic carbocycles. The van der Waals surface area contributed by atoms with Crippen molar-refractivity contribution in [2.24, 2.45) is 5.92 Å². The summed E-state index contributed by atoms with van der Waals surface area (Å²) in [6.45, 7) is 7.18. The van der Waals surface area contributed by atoms with Crippen molar-refractivity contribution in [2.45, 2.75) is 27.2 Å². The highest BCUT2D eigenvalue weighted by Gasteiger charge is 2.09. The van der Waals surface area contributed by atoms with Crippen LogP contribution < -0.4 is 9.47 Å². The zero-order valence-corrected chi connectivity index (χ0v) is 16.6. The summed E-state index contributed by atoms with van der Waals surface area (Å²) in [7, 11) is 0. The standard InChI is InChI=1S/C22H25ClO4/c1-4-26-21-14-16(13-19(23)22(21)25)5-10-20(24)17-6-8-18(9-7-17)27-12-11-15(2)3/h5-10,13-15,25H,4,11-12H2,1-3H3/b10-5+. The van der Waals surface area contributed by atoms with Gasteiger partial charge in [0.2, 0.25) is 0 Å². The second kappa shape index (κ2) is 10.0. The smallest absolute Gasteiger partial charge is 0.185 e. The van der Waals surface area contributed by atoms with Gasteiger partial charge in [-0.15, -0.1) is 0 Å². The Balaban J connectivity index is 2.04. The van der Waals surface area contributed by atoms with E-state index in [-0.39, 0.29) is 16.6 Å². The van der Waals surface area contributed by atoms with Crippen LogP contribution in [-0.2, 0) is 0 Å². The van der Waals surface area contributed by atoms with Gasteiger partial charge in [0.05, 0.1) is 18.2 Å². The van der Waals surface area contributed by atoms with E-state index in [1.54, 1.807) is 42.5 Å². The molecule has 5 heteroatoms. The summed E-state index contributed by atoms with van der Waals surface area (Å²) in [6.07, 6.45) is 4.10. The molecule has 2 rings (SSSR count). The van der Waals surface area contributed by atoms with E-state index in [0.717, 1.165) is 12.2 Å². The minimum Gasteiger partial charge on any atom is -0.503 e. The molecule has 0 aliphatic carbocycles. The summed E-state index contributed by atoms with van der Waals surface area (Å²) in [6, 6.07) is 10.3. The predicted molar refractivity (Wildman–Crippen MR) is 109 cm³/mol. The molecular weight excluding hydrogens is 364 g/mol. The second-order valence-corrected chi connectivity index (χ2v) is 6.94. The number of ketones is 1. The van der Waals surface area contributed by atoms with Crippen LogP contribution in [0.25, 0.3) is 6.08 Å². The maximum Gasteiger partial charge on any atom is 0.185 e. The number of rotatable bonds is 9.